The predicted octanol–water partition coefficient (Wildman–Crippen LogP) is 4.60. The summed E-state index contributed by atoms with van der Waals surface area (Å²) >= 11 is 0. The first-order chi connectivity index (χ1) is 14.1. The first kappa shape index (κ1) is 18.6. The molecule has 0 amide bonds. The molecule has 0 spiro atoms. The highest BCUT2D eigenvalue weighted by molar-refractivity contribution is 5.45. The largest absolute Gasteiger partial charge is 0.508 e. The number of non-ortho nitro benzene ring substituents is 1. The number of nitro groups is 1. The molecule has 5 heteroatoms. The van der Waals surface area contributed by atoms with Gasteiger partial charge in [0.1, 0.15) is 5.75 Å². The van der Waals surface area contributed by atoms with E-state index < -0.39 is 0 Å². The predicted molar refractivity (Wildman–Crippen MR) is 112 cm³/mol. The molecule has 5 nitrogen and oxygen atoms in total. The van der Waals surface area contributed by atoms with Crippen LogP contribution in [0.25, 0.3) is 0 Å². The minimum Gasteiger partial charge on any atom is -0.508 e. The lowest BCUT2D eigenvalue weighted by molar-refractivity contribution is -0.384. The van der Waals surface area contributed by atoms with Gasteiger partial charge in [0.25, 0.3) is 5.69 Å². The smallest absolute Gasteiger partial charge is 0.269 e. The van der Waals surface area contributed by atoms with Crippen molar-refractivity contribution >= 4 is 5.69 Å². The SMILES string of the molecule is O=[N+]([O-])c1ccc(CCN2CC[C@@]34CCCC[C@H]3[C@H]2Cc2ccc(O)cc24)cc1. The first-order valence-corrected chi connectivity index (χ1v) is 10.9. The summed E-state index contributed by atoms with van der Waals surface area (Å²) in [6.07, 6.45) is 8.31. The molecule has 1 saturated heterocycles. The maximum atomic E-state index is 10.9. The molecule has 1 aliphatic heterocycles. The first-order valence-electron chi connectivity index (χ1n) is 10.9. The average Bonchev–Trinajstić information content (AvgIpc) is 2.74. The van der Waals surface area contributed by atoms with Crippen LogP contribution in [0.3, 0.4) is 0 Å². The van der Waals surface area contributed by atoms with E-state index in [1.807, 2.05) is 18.2 Å². The Kier molecular flexibility index (Phi) is 4.58. The van der Waals surface area contributed by atoms with Crippen molar-refractivity contribution in [3.63, 3.8) is 0 Å². The molecular weight excluding hydrogens is 364 g/mol. The molecule has 2 aromatic carbocycles. The summed E-state index contributed by atoms with van der Waals surface area (Å²) in [5, 5.41) is 21.0. The highest BCUT2D eigenvalue weighted by Crippen LogP contribution is 2.56. The van der Waals surface area contributed by atoms with E-state index in [1.54, 1.807) is 12.1 Å². The third kappa shape index (κ3) is 3.12. The number of nitro benzene ring substituents is 1. The van der Waals surface area contributed by atoms with Crippen LogP contribution in [0, 0.1) is 16.0 Å². The molecule has 0 radical (unpaired) electrons. The monoisotopic (exact) mass is 392 g/mol. The van der Waals surface area contributed by atoms with Crippen molar-refractivity contribution in [2.75, 3.05) is 13.1 Å². The summed E-state index contributed by atoms with van der Waals surface area (Å²) in [6.45, 7) is 2.10. The van der Waals surface area contributed by atoms with E-state index in [0.29, 0.717) is 17.7 Å². The van der Waals surface area contributed by atoms with Crippen molar-refractivity contribution in [1.82, 2.24) is 4.90 Å². The molecule has 1 heterocycles. The van der Waals surface area contributed by atoms with Gasteiger partial charge in [0.15, 0.2) is 0 Å². The Bertz CT molecular complexity index is 926. The average molecular weight is 392 g/mol. The van der Waals surface area contributed by atoms with E-state index in [9.17, 15) is 15.2 Å². The lowest BCUT2D eigenvalue weighted by atomic mass is 9.52. The Balaban J connectivity index is 1.38. The van der Waals surface area contributed by atoms with Crippen molar-refractivity contribution < 1.29 is 10.0 Å². The second kappa shape index (κ2) is 7.13. The van der Waals surface area contributed by atoms with Gasteiger partial charge in [-0.25, -0.2) is 0 Å². The number of likely N-dealkylation sites (tertiary alicyclic amines) is 1. The number of phenols is 1. The molecule has 0 unspecified atom stereocenters. The van der Waals surface area contributed by atoms with Gasteiger partial charge in [0.05, 0.1) is 4.92 Å². The molecule has 2 aliphatic carbocycles. The van der Waals surface area contributed by atoms with Crippen molar-refractivity contribution in [3.8, 4) is 5.75 Å². The molecule has 5 rings (SSSR count). The normalized spacial score (nSPS) is 28.4. The van der Waals surface area contributed by atoms with Crippen LogP contribution in [0.1, 0.15) is 48.8 Å². The summed E-state index contributed by atoms with van der Waals surface area (Å²) in [5.74, 6) is 1.08. The molecule has 0 aromatic heterocycles. The molecule has 2 fully saturated rings. The fourth-order valence-corrected chi connectivity index (χ4v) is 6.41. The molecule has 2 aromatic rings. The number of rotatable bonds is 4. The summed E-state index contributed by atoms with van der Waals surface area (Å²) in [7, 11) is 0. The fourth-order valence-electron chi connectivity index (χ4n) is 6.41. The summed E-state index contributed by atoms with van der Waals surface area (Å²) in [4.78, 5) is 13.2. The second-order valence-corrected chi connectivity index (χ2v) is 9.08. The standard InChI is InChI=1S/C24H28N2O3/c27-20-9-6-18-15-23-21-3-1-2-11-24(21,22(18)16-20)12-14-25(23)13-10-17-4-7-19(8-5-17)26(28)29/h4-9,16,21,23,27H,1-3,10-15H2/t21-,23+,24-/m0/s1. The lowest BCUT2D eigenvalue weighted by Crippen LogP contribution is -2.61. The minimum absolute atomic E-state index is 0.158. The lowest BCUT2D eigenvalue weighted by Gasteiger charge is -2.59. The van der Waals surface area contributed by atoms with E-state index in [1.165, 1.54) is 43.2 Å². The van der Waals surface area contributed by atoms with Crippen LogP contribution in [0.5, 0.6) is 5.75 Å². The molecule has 3 atom stereocenters. The molecule has 1 N–H and O–H groups in total. The van der Waals surface area contributed by atoms with E-state index in [-0.39, 0.29) is 16.0 Å². The molecule has 2 bridgehead atoms. The molecular formula is C24H28N2O3. The van der Waals surface area contributed by atoms with Crippen LogP contribution < -0.4 is 0 Å². The Morgan fingerprint density at radius 2 is 1.97 bits per heavy atom. The zero-order valence-corrected chi connectivity index (χ0v) is 16.7. The Hall–Kier alpha value is -2.40. The highest BCUT2D eigenvalue weighted by atomic mass is 16.6. The van der Waals surface area contributed by atoms with Gasteiger partial charge in [0.2, 0.25) is 0 Å². The Morgan fingerprint density at radius 3 is 2.76 bits per heavy atom. The number of nitrogens with zero attached hydrogens (tertiary/aromatic N) is 2. The fraction of sp³-hybridized carbons (Fsp3) is 0.500. The van der Waals surface area contributed by atoms with Gasteiger partial charge in [-0.1, -0.05) is 31.0 Å². The third-order valence-electron chi connectivity index (χ3n) is 7.77. The van der Waals surface area contributed by atoms with E-state index in [2.05, 4.69) is 17.0 Å². The van der Waals surface area contributed by atoms with Gasteiger partial charge in [-0.2, -0.15) is 0 Å². The number of hydrogen-bond acceptors (Lipinski definition) is 4. The molecule has 29 heavy (non-hydrogen) atoms. The van der Waals surface area contributed by atoms with E-state index in [0.717, 1.165) is 31.5 Å². The summed E-state index contributed by atoms with van der Waals surface area (Å²) in [6, 6.07) is 13.6. The minimum atomic E-state index is -0.339. The molecule has 1 saturated carbocycles. The third-order valence-corrected chi connectivity index (χ3v) is 7.77. The number of phenolic OH excluding ortho intramolecular Hbond substituents is 1. The maximum Gasteiger partial charge on any atom is 0.269 e. The van der Waals surface area contributed by atoms with Gasteiger partial charge in [0, 0.05) is 30.1 Å². The number of hydrogen-bond donors (Lipinski definition) is 1. The topological polar surface area (TPSA) is 66.6 Å². The number of fused-ring (bicyclic) bond motifs is 1. The number of aromatic hydroxyl groups is 1. The maximum absolute atomic E-state index is 10.9. The molecule has 3 aliphatic rings. The van der Waals surface area contributed by atoms with Crippen LogP contribution in [0.4, 0.5) is 5.69 Å². The quantitative estimate of drug-likeness (QED) is 0.610. The van der Waals surface area contributed by atoms with Crippen molar-refractivity contribution in [2.45, 2.75) is 56.4 Å². The van der Waals surface area contributed by atoms with Crippen molar-refractivity contribution in [2.24, 2.45) is 5.92 Å². The van der Waals surface area contributed by atoms with E-state index >= 15 is 0 Å². The van der Waals surface area contributed by atoms with E-state index in [4.69, 9.17) is 0 Å². The van der Waals surface area contributed by atoms with Gasteiger partial charge in [-0.3, -0.25) is 15.0 Å². The van der Waals surface area contributed by atoms with Crippen LogP contribution in [0.2, 0.25) is 0 Å². The van der Waals surface area contributed by atoms with Gasteiger partial charge < -0.3 is 5.11 Å². The van der Waals surface area contributed by atoms with Gasteiger partial charge in [-0.15, -0.1) is 0 Å². The van der Waals surface area contributed by atoms with Gasteiger partial charge in [-0.05, 0) is 73.4 Å². The van der Waals surface area contributed by atoms with Crippen LogP contribution in [-0.4, -0.2) is 34.1 Å². The van der Waals surface area contributed by atoms with Crippen LogP contribution in [0.15, 0.2) is 42.5 Å². The van der Waals surface area contributed by atoms with Crippen LogP contribution >= 0.6 is 0 Å². The number of piperidine rings is 1. The van der Waals surface area contributed by atoms with Gasteiger partial charge >= 0.3 is 0 Å². The zero-order valence-electron chi connectivity index (χ0n) is 16.7. The summed E-state index contributed by atoms with van der Waals surface area (Å²) < 4.78 is 0. The van der Waals surface area contributed by atoms with Crippen molar-refractivity contribution in [3.05, 3.63) is 69.3 Å². The summed E-state index contributed by atoms with van der Waals surface area (Å²) in [5.41, 5.74) is 4.42. The zero-order chi connectivity index (χ0) is 20.0. The second-order valence-electron chi connectivity index (χ2n) is 9.08. The highest BCUT2D eigenvalue weighted by Gasteiger charge is 2.53. The molecule has 152 valence electrons. The number of benzene rings is 2. The Morgan fingerprint density at radius 1 is 1.14 bits per heavy atom. The Labute approximate surface area is 171 Å². The van der Waals surface area contributed by atoms with Crippen molar-refractivity contribution in [1.29, 1.82) is 0 Å². The van der Waals surface area contributed by atoms with Crippen LogP contribution in [-0.2, 0) is 18.3 Å².